The minimum absolute atomic E-state index is 0.127. The number of aryl methyl sites for hydroxylation is 2. The van der Waals surface area contributed by atoms with E-state index in [0.29, 0.717) is 18.8 Å². The second-order valence-corrected chi connectivity index (χ2v) is 7.26. The summed E-state index contributed by atoms with van der Waals surface area (Å²) >= 11 is 0. The lowest BCUT2D eigenvalue weighted by atomic mass is 10.2. The zero-order chi connectivity index (χ0) is 15.1. The molecular formula is C12H22N4O3S. The Morgan fingerprint density at radius 3 is 2.55 bits per heavy atom. The number of likely N-dealkylation sites (N-methyl/N-ethyl adjacent to an activating group) is 1. The van der Waals surface area contributed by atoms with E-state index in [2.05, 4.69) is 5.10 Å². The van der Waals surface area contributed by atoms with Gasteiger partial charge in [0, 0.05) is 25.8 Å². The standard InChI is InChI=1S/C12H22N4O3S/c1-5-15-8-12(9(2)13-15)20(18,19)16-6-10(14(3)4)11(17)7-16/h8,10-11,17H,5-7H2,1-4H3/t10-,11-/m0/s1. The Morgan fingerprint density at radius 1 is 1.45 bits per heavy atom. The molecule has 2 heterocycles. The zero-order valence-corrected chi connectivity index (χ0v) is 13.1. The molecule has 114 valence electrons. The van der Waals surface area contributed by atoms with E-state index in [1.807, 2.05) is 25.9 Å². The average molecular weight is 302 g/mol. The first-order valence-corrected chi connectivity index (χ1v) is 8.10. The fourth-order valence-corrected chi connectivity index (χ4v) is 4.14. The van der Waals surface area contributed by atoms with Crippen molar-refractivity contribution in [1.29, 1.82) is 0 Å². The first-order chi connectivity index (χ1) is 9.27. The molecule has 1 aromatic rings. The smallest absolute Gasteiger partial charge is 0.246 e. The number of nitrogens with zero attached hydrogens (tertiary/aromatic N) is 4. The molecule has 1 fully saturated rings. The maximum Gasteiger partial charge on any atom is 0.246 e. The number of aliphatic hydroxyl groups excluding tert-OH is 1. The second-order valence-electron chi connectivity index (χ2n) is 5.35. The molecular weight excluding hydrogens is 280 g/mol. The molecule has 0 aromatic carbocycles. The quantitative estimate of drug-likeness (QED) is 0.812. The van der Waals surface area contributed by atoms with Crippen molar-refractivity contribution in [3.63, 3.8) is 0 Å². The number of sulfonamides is 1. The van der Waals surface area contributed by atoms with Crippen LogP contribution in [0, 0.1) is 6.92 Å². The molecule has 1 aliphatic rings. The van der Waals surface area contributed by atoms with Gasteiger partial charge in [-0.25, -0.2) is 8.42 Å². The van der Waals surface area contributed by atoms with E-state index in [1.165, 1.54) is 4.31 Å². The van der Waals surface area contributed by atoms with Gasteiger partial charge in [0.25, 0.3) is 0 Å². The third kappa shape index (κ3) is 2.60. The van der Waals surface area contributed by atoms with Gasteiger partial charge in [0.05, 0.1) is 17.8 Å². The highest BCUT2D eigenvalue weighted by molar-refractivity contribution is 7.89. The molecule has 2 rings (SSSR count). The van der Waals surface area contributed by atoms with E-state index >= 15 is 0 Å². The summed E-state index contributed by atoms with van der Waals surface area (Å²) in [5.74, 6) is 0. The maximum atomic E-state index is 12.6. The molecule has 0 spiro atoms. The van der Waals surface area contributed by atoms with E-state index in [0.717, 1.165) is 0 Å². The van der Waals surface area contributed by atoms with Crippen LogP contribution in [-0.4, -0.2) is 71.8 Å². The Hall–Kier alpha value is -0.960. The highest BCUT2D eigenvalue weighted by atomic mass is 32.2. The predicted molar refractivity (Wildman–Crippen MR) is 74.9 cm³/mol. The highest BCUT2D eigenvalue weighted by Crippen LogP contribution is 2.24. The monoisotopic (exact) mass is 302 g/mol. The SMILES string of the molecule is CCn1cc(S(=O)(=O)N2C[C@H](O)[C@@H](N(C)C)C2)c(C)n1. The van der Waals surface area contributed by atoms with Crippen molar-refractivity contribution in [2.45, 2.75) is 37.4 Å². The Kier molecular flexibility index (Phi) is 4.19. The molecule has 1 saturated heterocycles. The fourth-order valence-electron chi connectivity index (χ4n) is 2.49. The molecule has 1 aliphatic heterocycles. The number of aromatic nitrogens is 2. The molecule has 8 heteroatoms. The lowest BCUT2D eigenvalue weighted by molar-refractivity contribution is 0.113. The van der Waals surface area contributed by atoms with Crippen LogP contribution in [0.4, 0.5) is 0 Å². The molecule has 7 nitrogen and oxygen atoms in total. The van der Waals surface area contributed by atoms with Crippen LogP contribution in [0.1, 0.15) is 12.6 Å². The Bertz CT molecular complexity index is 582. The lowest BCUT2D eigenvalue weighted by Gasteiger charge is -2.21. The summed E-state index contributed by atoms with van der Waals surface area (Å²) in [4.78, 5) is 2.08. The molecule has 0 aliphatic carbocycles. The van der Waals surface area contributed by atoms with Crippen LogP contribution >= 0.6 is 0 Å². The number of β-amino-alcohol motifs (C(OH)–C–C–N with tert-alkyl or cyclic N) is 1. The van der Waals surface area contributed by atoms with E-state index in [9.17, 15) is 13.5 Å². The van der Waals surface area contributed by atoms with Crippen LogP contribution in [0.3, 0.4) is 0 Å². The molecule has 0 saturated carbocycles. The molecule has 1 N–H and O–H groups in total. The molecule has 0 bridgehead atoms. The average Bonchev–Trinajstić information content (AvgIpc) is 2.93. The number of rotatable bonds is 4. The molecule has 2 atom stereocenters. The van der Waals surface area contributed by atoms with Crippen LogP contribution in [0.2, 0.25) is 0 Å². The van der Waals surface area contributed by atoms with Gasteiger partial charge in [0.15, 0.2) is 0 Å². The van der Waals surface area contributed by atoms with Crippen molar-refractivity contribution >= 4 is 10.0 Å². The van der Waals surface area contributed by atoms with Crippen molar-refractivity contribution in [2.24, 2.45) is 0 Å². The highest BCUT2D eigenvalue weighted by Gasteiger charge is 2.40. The first kappa shape index (κ1) is 15.4. The van der Waals surface area contributed by atoms with Gasteiger partial charge in [0.1, 0.15) is 4.90 Å². The summed E-state index contributed by atoms with van der Waals surface area (Å²) in [6, 6.07) is -0.175. The summed E-state index contributed by atoms with van der Waals surface area (Å²) in [6.45, 7) is 4.65. The topological polar surface area (TPSA) is 78.7 Å². The predicted octanol–water partition coefficient (Wildman–Crippen LogP) is -0.493. The first-order valence-electron chi connectivity index (χ1n) is 6.66. The van der Waals surface area contributed by atoms with Crippen LogP contribution in [0.15, 0.2) is 11.1 Å². The van der Waals surface area contributed by atoms with Crippen LogP contribution in [0.5, 0.6) is 0 Å². The van der Waals surface area contributed by atoms with Gasteiger partial charge in [-0.3, -0.25) is 4.68 Å². The molecule has 0 unspecified atom stereocenters. The summed E-state index contributed by atoms with van der Waals surface area (Å²) in [6.07, 6.45) is 0.890. The van der Waals surface area contributed by atoms with Gasteiger partial charge in [0.2, 0.25) is 10.0 Å². The van der Waals surface area contributed by atoms with Gasteiger partial charge in [-0.1, -0.05) is 0 Å². The molecule has 1 aromatic heterocycles. The van der Waals surface area contributed by atoms with Crippen molar-refractivity contribution in [1.82, 2.24) is 19.0 Å². The van der Waals surface area contributed by atoms with E-state index in [4.69, 9.17) is 0 Å². The summed E-state index contributed by atoms with van der Waals surface area (Å²) in [5.41, 5.74) is 0.495. The Morgan fingerprint density at radius 2 is 2.10 bits per heavy atom. The van der Waals surface area contributed by atoms with Crippen LogP contribution < -0.4 is 0 Å². The summed E-state index contributed by atoms with van der Waals surface area (Å²) < 4.78 is 28.2. The van der Waals surface area contributed by atoms with Gasteiger partial charge >= 0.3 is 0 Å². The Balaban J connectivity index is 2.30. The largest absolute Gasteiger partial charge is 0.390 e. The maximum absolute atomic E-state index is 12.6. The van der Waals surface area contributed by atoms with E-state index in [1.54, 1.807) is 17.8 Å². The van der Waals surface area contributed by atoms with Crippen LogP contribution in [0.25, 0.3) is 0 Å². The number of aliphatic hydroxyl groups is 1. The third-order valence-electron chi connectivity index (χ3n) is 3.73. The zero-order valence-electron chi connectivity index (χ0n) is 12.3. The van der Waals surface area contributed by atoms with Gasteiger partial charge in [-0.15, -0.1) is 0 Å². The van der Waals surface area contributed by atoms with Crippen molar-refractivity contribution in [3.8, 4) is 0 Å². The third-order valence-corrected chi connectivity index (χ3v) is 5.67. The van der Waals surface area contributed by atoms with E-state index in [-0.39, 0.29) is 17.5 Å². The van der Waals surface area contributed by atoms with Gasteiger partial charge in [-0.2, -0.15) is 9.40 Å². The minimum Gasteiger partial charge on any atom is -0.390 e. The minimum atomic E-state index is -3.59. The van der Waals surface area contributed by atoms with Crippen molar-refractivity contribution in [2.75, 3.05) is 27.2 Å². The fraction of sp³-hybridized carbons (Fsp3) is 0.750. The molecule has 20 heavy (non-hydrogen) atoms. The summed E-state index contributed by atoms with van der Waals surface area (Å²) in [5, 5.41) is 14.2. The van der Waals surface area contributed by atoms with Crippen LogP contribution in [-0.2, 0) is 16.6 Å². The second kappa shape index (κ2) is 5.44. The normalized spacial score (nSPS) is 24.7. The Labute approximate surface area is 119 Å². The van der Waals surface area contributed by atoms with Gasteiger partial charge in [-0.05, 0) is 27.9 Å². The number of hydrogen-bond acceptors (Lipinski definition) is 5. The van der Waals surface area contributed by atoms with E-state index < -0.39 is 16.1 Å². The van der Waals surface area contributed by atoms with Crippen molar-refractivity contribution < 1.29 is 13.5 Å². The lowest BCUT2D eigenvalue weighted by Crippen LogP contribution is -2.38. The van der Waals surface area contributed by atoms with Crippen molar-refractivity contribution in [3.05, 3.63) is 11.9 Å². The summed E-state index contributed by atoms with van der Waals surface area (Å²) in [7, 11) is 0.0807. The molecule has 0 radical (unpaired) electrons. The van der Waals surface area contributed by atoms with Gasteiger partial charge < -0.3 is 10.0 Å². The number of hydrogen-bond donors (Lipinski definition) is 1. The molecule has 0 amide bonds.